The largest absolute Gasteiger partial charge is 0.462 e. The summed E-state index contributed by atoms with van der Waals surface area (Å²) in [4.78, 5) is 12.3. The highest BCUT2D eigenvalue weighted by molar-refractivity contribution is 5.70. The molecule has 33 heavy (non-hydrogen) atoms. The molecule has 2 rings (SSSR count). The van der Waals surface area contributed by atoms with Crippen molar-refractivity contribution in [3.05, 3.63) is 0 Å². The van der Waals surface area contributed by atoms with E-state index in [1.54, 1.807) is 6.92 Å². The zero-order valence-electron chi connectivity index (χ0n) is 19.9. The van der Waals surface area contributed by atoms with Crippen molar-refractivity contribution in [2.45, 2.75) is 134 Å². The second-order valence-corrected chi connectivity index (χ2v) is 8.77. The summed E-state index contributed by atoms with van der Waals surface area (Å²) < 4.78 is 28.3. The number of hydrogen-bond donors (Lipinski definition) is 5. The highest BCUT2D eigenvalue weighted by atomic mass is 16.8. The van der Waals surface area contributed by atoms with Gasteiger partial charge in [0.1, 0.15) is 42.7 Å². The highest BCUT2D eigenvalue weighted by Gasteiger charge is 2.50. The Hall–Kier alpha value is -0.890. The molecule has 0 spiro atoms. The molecule has 0 amide bonds. The van der Waals surface area contributed by atoms with Crippen LogP contribution in [-0.4, -0.2) is 105 Å². The molecule has 2 aliphatic rings. The van der Waals surface area contributed by atoms with E-state index in [4.69, 9.17) is 23.7 Å². The number of rotatable bonds is 10. The fourth-order valence-electron chi connectivity index (χ4n) is 3.89. The van der Waals surface area contributed by atoms with Gasteiger partial charge in [-0.1, -0.05) is 20.8 Å². The third kappa shape index (κ3) is 7.06. The Morgan fingerprint density at radius 1 is 0.758 bits per heavy atom. The first-order chi connectivity index (χ1) is 15.5. The van der Waals surface area contributed by atoms with Crippen LogP contribution >= 0.6 is 0 Å². The topological polar surface area (TPSA) is 164 Å². The number of ether oxygens (including phenoxy) is 5. The number of aliphatic hydroxyl groups excluding tert-OH is 5. The average Bonchev–Trinajstić information content (AvgIpc) is 2.79. The van der Waals surface area contributed by atoms with Gasteiger partial charge in [-0.3, -0.25) is 4.79 Å². The first-order valence-electron chi connectivity index (χ1n) is 11.7. The Morgan fingerprint density at radius 3 is 1.82 bits per heavy atom. The van der Waals surface area contributed by atoms with E-state index in [9.17, 15) is 30.3 Å². The predicted octanol–water partition coefficient (Wildman–Crippen LogP) is -0.417. The molecule has 11 heteroatoms. The van der Waals surface area contributed by atoms with Gasteiger partial charge in [0.15, 0.2) is 12.6 Å². The van der Waals surface area contributed by atoms with Crippen molar-refractivity contribution in [3.8, 4) is 0 Å². The van der Waals surface area contributed by atoms with Crippen LogP contribution in [0.4, 0.5) is 0 Å². The lowest BCUT2D eigenvalue weighted by Gasteiger charge is -2.46. The minimum absolute atomic E-state index is 0.0445. The van der Waals surface area contributed by atoms with Gasteiger partial charge in [0, 0.05) is 0 Å². The van der Waals surface area contributed by atoms with Crippen molar-refractivity contribution in [1.29, 1.82) is 0 Å². The van der Waals surface area contributed by atoms with Gasteiger partial charge in [0.25, 0.3) is 0 Å². The standard InChI is InChI=1S/C22H40O11/c1-6-12(7-2)31-14(23)9-13(8-3)32-22-20(18(27)16(25)11(5)30-22)33-21-19(28)17(26)15(24)10(4)29-21/h10-13,15-22,24-28H,6-9H2,1-5H3. The Balaban J connectivity index is 2.12. The van der Waals surface area contributed by atoms with Crippen LogP contribution < -0.4 is 0 Å². The van der Waals surface area contributed by atoms with Crippen LogP contribution in [0, 0.1) is 0 Å². The molecule has 2 aliphatic heterocycles. The molecule has 0 aliphatic carbocycles. The molecule has 5 N–H and O–H groups in total. The van der Waals surface area contributed by atoms with Gasteiger partial charge in [-0.15, -0.1) is 0 Å². The van der Waals surface area contributed by atoms with Crippen molar-refractivity contribution in [2.24, 2.45) is 0 Å². The van der Waals surface area contributed by atoms with Crippen molar-refractivity contribution in [2.75, 3.05) is 0 Å². The SMILES string of the molecule is CCC(CC)OC(=O)CC(CC)OC1OC(C)C(O)C(O)C1OC1OC(C)C(O)C(O)C1O. The molecule has 2 fully saturated rings. The van der Waals surface area contributed by atoms with Crippen molar-refractivity contribution in [3.63, 3.8) is 0 Å². The van der Waals surface area contributed by atoms with E-state index in [0.717, 1.165) is 0 Å². The van der Waals surface area contributed by atoms with Crippen LogP contribution in [-0.2, 0) is 28.5 Å². The average molecular weight is 481 g/mol. The van der Waals surface area contributed by atoms with Gasteiger partial charge >= 0.3 is 5.97 Å². The van der Waals surface area contributed by atoms with Crippen LogP contribution in [0.3, 0.4) is 0 Å². The fraction of sp³-hybridized carbons (Fsp3) is 0.955. The molecule has 0 bridgehead atoms. The van der Waals surface area contributed by atoms with E-state index in [1.165, 1.54) is 6.92 Å². The summed E-state index contributed by atoms with van der Waals surface area (Å²) in [5.74, 6) is -0.422. The molecule has 0 radical (unpaired) electrons. The molecule has 2 saturated heterocycles. The van der Waals surface area contributed by atoms with Crippen LogP contribution in [0.1, 0.15) is 60.3 Å². The van der Waals surface area contributed by atoms with E-state index in [2.05, 4.69) is 0 Å². The van der Waals surface area contributed by atoms with E-state index >= 15 is 0 Å². The summed E-state index contributed by atoms with van der Waals surface area (Å²) in [6.07, 6.45) is -11.9. The van der Waals surface area contributed by atoms with E-state index in [-0.39, 0.29) is 12.5 Å². The maximum absolute atomic E-state index is 12.3. The van der Waals surface area contributed by atoms with Crippen LogP contribution in [0.5, 0.6) is 0 Å². The third-order valence-electron chi connectivity index (χ3n) is 6.27. The van der Waals surface area contributed by atoms with E-state index in [1.807, 2.05) is 20.8 Å². The quantitative estimate of drug-likeness (QED) is 0.258. The summed E-state index contributed by atoms with van der Waals surface area (Å²) in [6, 6.07) is 0. The van der Waals surface area contributed by atoms with E-state index in [0.29, 0.717) is 19.3 Å². The summed E-state index contributed by atoms with van der Waals surface area (Å²) in [5, 5.41) is 51.2. The summed E-state index contributed by atoms with van der Waals surface area (Å²) in [6.45, 7) is 8.72. The number of carbonyl (C=O) groups is 1. The molecule has 194 valence electrons. The Bertz CT molecular complexity index is 601. The lowest BCUT2D eigenvalue weighted by Crippen LogP contribution is -2.63. The second kappa shape index (κ2) is 12.7. The minimum Gasteiger partial charge on any atom is -0.462 e. The molecule has 11 nitrogen and oxygen atoms in total. The first kappa shape index (κ1) is 28.3. The number of aliphatic hydroxyl groups is 5. The van der Waals surface area contributed by atoms with Crippen LogP contribution in [0.2, 0.25) is 0 Å². The molecule has 0 aromatic carbocycles. The first-order valence-corrected chi connectivity index (χ1v) is 11.7. The normalized spacial score (nSPS) is 40.6. The Labute approximate surface area is 194 Å². The smallest absolute Gasteiger partial charge is 0.308 e. The van der Waals surface area contributed by atoms with Gasteiger partial charge in [0.2, 0.25) is 0 Å². The number of carbonyl (C=O) groups excluding carboxylic acids is 1. The molecule has 0 aromatic heterocycles. The van der Waals surface area contributed by atoms with Gasteiger partial charge in [-0.2, -0.15) is 0 Å². The van der Waals surface area contributed by atoms with Gasteiger partial charge < -0.3 is 49.2 Å². The maximum Gasteiger partial charge on any atom is 0.308 e. The maximum atomic E-state index is 12.3. The molecular formula is C22H40O11. The molecule has 0 aromatic rings. The van der Waals surface area contributed by atoms with Crippen molar-refractivity contribution >= 4 is 5.97 Å². The zero-order valence-corrected chi connectivity index (χ0v) is 19.9. The minimum atomic E-state index is -1.61. The lowest BCUT2D eigenvalue weighted by atomic mass is 9.98. The van der Waals surface area contributed by atoms with Gasteiger partial charge in [-0.25, -0.2) is 0 Å². The monoisotopic (exact) mass is 480 g/mol. The third-order valence-corrected chi connectivity index (χ3v) is 6.27. The zero-order chi connectivity index (χ0) is 24.9. The number of esters is 1. The summed E-state index contributed by atoms with van der Waals surface area (Å²) in [5.41, 5.74) is 0. The van der Waals surface area contributed by atoms with Crippen molar-refractivity contribution < 1.29 is 54.0 Å². The number of hydrogen-bond acceptors (Lipinski definition) is 11. The molecule has 2 heterocycles. The van der Waals surface area contributed by atoms with Crippen molar-refractivity contribution in [1.82, 2.24) is 0 Å². The highest BCUT2D eigenvalue weighted by Crippen LogP contribution is 2.30. The molecular weight excluding hydrogens is 440 g/mol. The summed E-state index contributed by atoms with van der Waals surface area (Å²) in [7, 11) is 0. The molecule has 11 atom stereocenters. The van der Waals surface area contributed by atoms with Crippen LogP contribution in [0.25, 0.3) is 0 Å². The Kier molecular flexibility index (Phi) is 10.9. The van der Waals surface area contributed by atoms with Crippen LogP contribution in [0.15, 0.2) is 0 Å². The van der Waals surface area contributed by atoms with E-state index < -0.39 is 73.5 Å². The lowest BCUT2D eigenvalue weighted by molar-refractivity contribution is -0.366. The predicted molar refractivity (Wildman–Crippen MR) is 114 cm³/mol. The second-order valence-electron chi connectivity index (χ2n) is 8.77. The molecule has 0 saturated carbocycles. The van der Waals surface area contributed by atoms with Gasteiger partial charge in [0.05, 0.1) is 24.7 Å². The fourth-order valence-corrected chi connectivity index (χ4v) is 3.89. The molecule has 11 unspecified atom stereocenters. The Morgan fingerprint density at radius 2 is 1.27 bits per heavy atom. The summed E-state index contributed by atoms with van der Waals surface area (Å²) >= 11 is 0. The van der Waals surface area contributed by atoms with Gasteiger partial charge in [-0.05, 0) is 33.1 Å².